The second kappa shape index (κ2) is 11.7. The second-order valence-electron chi connectivity index (χ2n) is 8.17. The molecule has 0 fully saturated rings. The van der Waals surface area contributed by atoms with Gasteiger partial charge in [-0.2, -0.15) is 0 Å². The molecule has 3 aromatic rings. The Bertz CT molecular complexity index is 1030. The summed E-state index contributed by atoms with van der Waals surface area (Å²) >= 11 is 2.19. The zero-order valence-corrected chi connectivity index (χ0v) is 20.9. The minimum Gasteiger partial charge on any atom is -0.324 e. The van der Waals surface area contributed by atoms with Gasteiger partial charge in [0.15, 0.2) is 0 Å². The van der Waals surface area contributed by atoms with Crippen LogP contribution in [0.1, 0.15) is 25.0 Å². The number of halogens is 1. The molecule has 33 heavy (non-hydrogen) atoms. The molecule has 3 aromatic carbocycles. The quantitative estimate of drug-likeness (QED) is 0.395. The van der Waals surface area contributed by atoms with E-state index in [0.29, 0.717) is 5.69 Å². The van der Waals surface area contributed by atoms with E-state index in [4.69, 9.17) is 0 Å². The molecule has 0 saturated carbocycles. The summed E-state index contributed by atoms with van der Waals surface area (Å²) < 4.78 is 1.05. The first-order valence-electron chi connectivity index (χ1n) is 10.8. The lowest BCUT2D eigenvalue weighted by Gasteiger charge is -2.32. The van der Waals surface area contributed by atoms with Crippen LogP contribution in [0.25, 0.3) is 0 Å². The number of nitrogens with one attached hydrogen (secondary N) is 1. The van der Waals surface area contributed by atoms with Crippen LogP contribution in [0, 0.1) is 9.49 Å². The normalized spacial score (nSPS) is 11.6. The van der Waals surface area contributed by atoms with Gasteiger partial charge in [-0.1, -0.05) is 74.5 Å². The Morgan fingerprint density at radius 3 is 1.64 bits per heavy atom. The fourth-order valence-electron chi connectivity index (χ4n) is 3.63. The molecule has 0 aliphatic carbocycles. The van der Waals surface area contributed by atoms with Crippen LogP contribution in [0.2, 0.25) is 0 Å². The number of carbonyl (C=O) groups is 3. The minimum absolute atomic E-state index is 0.0431. The highest BCUT2D eigenvalue weighted by molar-refractivity contribution is 14.1. The number of hydrogen-bond acceptors (Lipinski definition) is 3. The van der Waals surface area contributed by atoms with Gasteiger partial charge in [0.05, 0.1) is 12.8 Å². The summed E-state index contributed by atoms with van der Waals surface area (Å²) in [4.78, 5) is 41.3. The van der Waals surface area contributed by atoms with Gasteiger partial charge in [-0.15, -0.1) is 0 Å². The first-order chi connectivity index (χ1) is 15.8. The van der Waals surface area contributed by atoms with Crippen molar-refractivity contribution in [3.63, 3.8) is 0 Å². The smallest absolute Gasteiger partial charge is 0.247 e. The third kappa shape index (κ3) is 6.99. The Balaban J connectivity index is 1.90. The van der Waals surface area contributed by atoms with Gasteiger partial charge in [0.25, 0.3) is 0 Å². The number of imide groups is 1. The van der Waals surface area contributed by atoms with Crippen LogP contribution in [0.15, 0.2) is 84.9 Å². The van der Waals surface area contributed by atoms with Gasteiger partial charge in [-0.25, -0.2) is 0 Å². The largest absolute Gasteiger partial charge is 0.324 e. The molecule has 1 atom stereocenters. The van der Waals surface area contributed by atoms with Crippen LogP contribution >= 0.6 is 22.6 Å². The van der Waals surface area contributed by atoms with E-state index in [9.17, 15) is 14.4 Å². The molecule has 0 spiro atoms. The molecular weight excluding hydrogens is 527 g/mol. The third-order valence-electron chi connectivity index (χ3n) is 5.22. The first kappa shape index (κ1) is 24.6. The highest BCUT2D eigenvalue weighted by Gasteiger charge is 2.36. The van der Waals surface area contributed by atoms with E-state index < -0.39 is 17.9 Å². The molecule has 0 aromatic heterocycles. The molecule has 3 amide bonds. The van der Waals surface area contributed by atoms with Crippen molar-refractivity contribution in [2.45, 2.75) is 32.7 Å². The van der Waals surface area contributed by atoms with Crippen LogP contribution < -0.4 is 5.32 Å². The van der Waals surface area contributed by atoms with Crippen LogP contribution in [0.4, 0.5) is 5.69 Å². The topological polar surface area (TPSA) is 66.5 Å². The average Bonchev–Trinajstić information content (AvgIpc) is 2.79. The Kier molecular flexibility index (Phi) is 8.77. The summed E-state index contributed by atoms with van der Waals surface area (Å²) in [6.07, 6.45) is 0.0861. The summed E-state index contributed by atoms with van der Waals surface area (Å²) in [5.74, 6) is -1.43. The van der Waals surface area contributed by atoms with Crippen molar-refractivity contribution < 1.29 is 14.4 Å². The lowest BCUT2D eigenvalue weighted by molar-refractivity contribution is -0.151. The molecule has 0 bridgehead atoms. The number of anilines is 1. The van der Waals surface area contributed by atoms with Gasteiger partial charge in [-0.3, -0.25) is 19.3 Å². The van der Waals surface area contributed by atoms with Gasteiger partial charge in [0, 0.05) is 9.26 Å². The molecule has 170 valence electrons. The van der Waals surface area contributed by atoms with Crippen molar-refractivity contribution in [2.24, 2.45) is 5.92 Å². The van der Waals surface area contributed by atoms with Crippen LogP contribution in [-0.4, -0.2) is 28.7 Å². The third-order valence-corrected chi connectivity index (χ3v) is 5.94. The van der Waals surface area contributed by atoms with Gasteiger partial charge in [-0.05, 0) is 63.9 Å². The fraction of sp³-hybridized carbons (Fsp3) is 0.222. The summed E-state index contributed by atoms with van der Waals surface area (Å²) in [6, 6.07) is 25.0. The van der Waals surface area contributed by atoms with E-state index in [1.54, 1.807) is 12.1 Å². The lowest BCUT2D eigenvalue weighted by atomic mass is 9.98. The first-order valence-corrected chi connectivity index (χ1v) is 11.9. The number of benzene rings is 3. The fourth-order valence-corrected chi connectivity index (χ4v) is 3.99. The molecule has 5 nitrogen and oxygen atoms in total. The van der Waals surface area contributed by atoms with Crippen LogP contribution in [-0.2, 0) is 27.2 Å². The Labute approximate surface area is 208 Å². The number of nitrogens with zero attached hydrogens (tertiary/aromatic N) is 1. The van der Waals surface area contributed by atoms with Crippen LogP contribution in [0.3, 0.4) is 0 Å². The highest BCUT2D eigenvalue weighted by atomic mass is 127. The Morgan fingerprint density at radius 1 is 0.758 bits per heavy atom. The SMILES string of the molecule is CC(C)C(C(=O)Nc1ccc(I)cc1)N(C(=O)Cc1ccccc1)C(=O)Cc1ccccc1. The zero-order valence-electron chi connectivity index (χ0n) is 18.7. The predicted octanol–water partition coefficient (Wildman–Crippen LogP) is 5.09. The molecule has 0 heterocycles. The number of hydrogen-bond donors (Lipinski definition) is 1. The lowest BCUT2D eigenvalue weighted by Crippen LogP contribution is -2.54. The maximum absolute atomic E-state index is 13.4. The monoisotopic (exact) mass is 554 g/mol. The molecule has 6 heteroatoms. The average molecular weight is 554 g/mol. The van der Waals surface area contributed by atoms with E-state index in [1.807, 2.05) is 86.6 Å². The van der Waals surface area contributed by atoms with E-state index in [2.05, 4.69) is 27.9 Å². The molecule has 0 saturated heterocycles. The van der Waals surface area contributed by atoms with Crippen molar-refractivity contribution >= 4 is 46.0 Å². The van der Waals surface area contributed by atoms with Crippen LogP contribution in [0.5, 0.6) is 0 Å². The molecule has 3 rings (SSSR count). The van der Waals surface area contributed by atoms with Gasteiger partial charge >= 0.3 is 0 Å². The van der Waals surface area contributed by atoms with Crippen molar-refractivity contribution in [1.82, 2.24) is 4.90 Å². The zero-order chi connectivity index (χ0) is 23.8. The number of amides is 3. The van der Waals surface area contributed by atoms with E-state index in [1.165, 1.54) is 0 Å². The maximum atomic E-state index is 13.4. The molecule has 0 aliphatic heterocycles. The molecule has 0 aliphatic rings. The standard InChI is InChI=1S/C27H27IN2O3/c1-19(2)26(27(33)29-23-15-13-22(28)14-16-23)30(24(31)17-20-9-5-3-6-10-20)25(32)18-21-11-7-4-8-12-21/h3-16,19,26H,17-18H2,1-2H3,(H,29,33). The highest BCUT2D eigenvalue weighted by Crippen LogP contribution is 2.19. The minimum atomic E-state index is -0.934. The maximum Gasteiger partial charge on any atom is 0.247 e. The Hall–Kier alpha value is -3.00. The summed E-state index contributed by atoms with van der Waals surface area (Å²) in [5.41, 5.74) is 2.21. The summed E-state index contributed by atoms with van der Waals surface area (Å²) in [5, 5.41) is 2.88. The van der Waals surface area contributed by atoms with E-state index in [0.717, 1.165) is 19.6 Å². The van der Waals surface area contributed by atoms with E-state index >= 15 is 0 Å². The van der Waals surface area contributed by atoms with Gasteiger partial charge in [0.2, 0.25) is 17.7 Å². The number of rotatable bonds is 8. The summed E-state index contributed by atoms with van der Waals surface area (Å²) in [7, 11) is 0. The van der Waals surface area contributed by atoms with Crippen molar-refractivity contribution in [1.29, 1.82) is 0 Å². The Morgan fingerprint density at radius 2 is 1.21 bits per heavy atom. The number of carbonyl (C=O) groups excluding carboxylic acids is 3. The molecule has 1 unspecified atom stereocenters. The van der Waals surface area contributed by atoms with Gasteiger partial charge in [0.1, 0.15) is 6.04 Å². The predicted molar refractivity (Wildman–Crippen MR) is 139 cm³/mol. The summed E-state index contributed by atoms with van der Waals surface area (Å²) in [6.45, 7) is 3.69. The van der Waals surface area contributed by atoms with Crippen molar-refractivity contribution in [3.05, 3.63) is 99.6 Å². The van der Waals surface area contributed by atoms with Crippen molar-refractivity contribution in [3.8, 4) is 0 Å². The second-order valence-corrected chi connectivity index (χ2v) is 9.41. The van der Waals surface area contributed by atoms with E-state index in [-0.39, 0.29) is 24.7 Å². The molecule has 0 radical (unpaired) electrons. The molecule has 1 N–H and O–H groups in total. The van der Waals surface area contributed by atoms with Gasteiger partial charge < -0.3 is 5.32 Å². The molecular formula is C27H27IN2O3. The van der Waals surface area contributed by atoms with Crippen molar-refractivity contribution in [2.75, 3.05) is 5.32 Å².